The van der Waals surface area contributed by atoms with E-state index < -0.39 is 5.79 Å². The number of benzene rings is 1. The molecule has 6 nitrogen and oxygen atoms in total. The van der Waals surface area contributed by atoms with Crippen LogP contribution in [0.4, 0.5) is 0 Å². The minimum atomic E-state index is -0.751. The van der Waals surface area contributed by atoms with Crippen molar-refractivity contribution in [3.8, 4) is 11.8 Å². The molecule has 1 fully saturated rings. The Balaban J connectivity index is 2.01. The molecule has 1 heterocycles. The van der Waals surface area contributed by atoms with Crippen molar-refractivity contribution in [2.24, 2.45) is 0 Å². The van der Waals surface area contributed by atoms with E-state index >= 15 is 0 Å². The predicted molar refractivity (Wildman–Crippen MR) is 145 cm³/mol. The maximum absolute atomic E-state index is 12.4. The molecule has 1 aliphatic heterocycles. The van der Waals surface area contributed by atoms with Gasteiger partial charge in [-0.3, -0.25) is 0 Å². The lowest BCUT2D eigenvalue weighted by atomic mass is 10.0. The van der Waals surface area contributed by atoms with Gasteiger partial charge in [0.15, 0.2) is 5.79 Å². The molecule has 0 amide bonds. The average molecular weight is 507 g/mol. The molecule has 0 aromatic heterocycles. The standard InChI is InChI=1S/C31H38O6/c1-8-34-29(32)18-17-24(4)19-22(2)13-12-14-23(3)20-27-28(37-31(6,7)36-27)21-25(5)35-30(33)26-15-10-9-11-16-26/h9-11,13,15-20,25,27-28H,8,21H2,1-7H3/b18-17+,22-13+,23-20+,24-19+/t25-,27-,28-/m0/s1. The second-order valence-corrected chi connectivity index (χ2v) is 9.44. The molecule has 0 saturated carbocycles. The molecule has 6 heteroatoms. The lowest BCUT2D eigenvalue weighted by Gasteiger charge is -2.20. The monoisotopic (exact) mass is 506 g/mol. The van der Waals surface area contributed by atoms with Crippen LogP contribution in [0.5, 0.6) is 0 Å². The van der Waals surface area contributed by atoms with E-state index in [4.69, 9.17) is 18.9 Å². The van der Waals surface area contributed by atoms with Crippen molar-refractivity contribution in [2.45, 2.75) is 79.0 Å². The Kier molecular flexibility index (Phi) is 11.6. The van der Waals surface area contributed by atoms with Gasteiger partial charge in [-0.2, -0.15) is 0 Å². The first-order valence-corrected chi connectivity index (χ1v) is 12.5. The summed E-state index contributed by atoms with van der Waals surface area (Å²) in [4.78, 5) is 23.8. The number of hydrogen-bond donors (Lipinski definition) is 0. The fourth-order valence-corrected chi connectivity index (χ4v) is 3.78. The molecule has 1 aromatic rings. The van der Waals surface area contributed by atoms with Crippen LogP contribution in [0.25, 0.3) is 0 Å². The molecular weight excluding hydrogens is 468 g/mol. The third kappa shape index (κ3) is 11.0. The smallest absolute Gasteiger partial charge is 0.338 e. The van der Waals surface area contributed by atoms with Crippen LogP contribution in [0.2, 0.25) is 0 Å². The molecule has 3 atom stereocenters. The van der Waals surface area contributed by atoms with E-state index in [-0.39, 0.29) is 30.3 Å². The van der Waals surface area contributed by atoms with Crippen LogP contribution in [0.1, 0.15) is 65.2 Å². The molecule has 1 aliphatic rings. The number of carbonyl (C=O) groups is 2. The van der Waals surface area contributed by atoms with Crippen LogP contribution < -0.4 is 0 Å². The first-order chi connectivity index (χ1) is 17.5. The van der Waals surface area contributed by atoms with Gasteiger partial charge < -0.3 is 18.9 Å². The summed E-state index contributed by atoms with van der Waals surface area (Å²) in [6, 6.07) is 8.93. The van der Waals surface area contributed by atoms with Crippen LogP contribution >= 0.6 is 0 Å². The third-order valence-corrected chi connectivity index (χ3v) is 5.31. The molecule has 0 unspecified atom stereocenters. The van der Waals surface area contributed by atoms with Crippen LogP contribution in [-0.2, 0) is 23.7 Å². The second-order valence-electron chi connectivity index (χ2n) is 9.44. The number of hydrogen-bond acceptors (Lipinski definition) is 6. The topological polar surface area (TPSA) is 71.1 Å². The molecule has 0 N–H and O–H groups in total. The average Bonchev–Trinajstić information content (AvgIpc) is 3.10. The predicted octanol–water partition coefficient (Wildman–Crippen LogP) is 6.10. The Labute approximate surface area is 221 Å². The van der Waals surface area contributed by atoms with E-state index in [0.717, 1.165) is 16.7 Å². The van der Waals surface area contributed by atoms with Crippen molar-refractivity contribution in [3.05, 3.63) is 83.0 Å². The van der Waals surface area contributed by atoms with Gasteiger partial charge in [0.1, 0.15) is 12.2 Å². The fraction of sp³-hybridized carbons (Fsp3) is 0.419. The Morgan fingerprint density at radius 3 is 2.46 bits per heavy atom. The molecule has 0 aliphatic carbocycles. The summed E-state index contributed by atoms with van der Waals surface area (Å²) in [5.74, 6) is 4.72. The van der Waals surface area contributed by atoms with Crippen molar-refractivity contribution in [3.63, 3.8) is 0 Å². The highest BCUT2D eigenvalue weighted by Gasteiger charge is 2.41. The number of carbonyl (C=O) groups excluding carboxylic acids is 2. The van der Waals surface area contributed by atoms with Gasteiger partial charge in [-0.15, -0.1) is 0 Å². The van der Waals surface area contributed by atoms with Gasteiger partial charge in [0.25, 0.3) is 0 Å². The highest BCUT2D eigenvalue weighted by Crippen LogP contribution is 2.32. The zero-order chi connectivity index (χ0) is 27.4. The van der Waals surface area contributed by atoms with Crippen molar-refractivity contribution in [2.75, 3.05) is 6.61 Å². The quantitative estimate of drug-likeness (QED) is 0.174. The number of allylic oxidation sites excluding steroid dienone is 6. The first kappa shape index (κ1) is 29.8. The molecule has 0 spiro atoms. The largest absolute Gasteiger partial charge is 0.463 e. The lowest BCUT2D eigenvalue weighted by Crippen LogP contribution is -2.28. The summed E-state index contributed by atoms with van der Waals surface area (Å²) in [6.45, 7) is 13.5. The van der Waals surface area contributed by atoms with E-state index in [1.54, 1.807) is 37.3 Å². The van der Waals surface area contributed by atoms with Gasteiger partial charge in [0.2, 0.25) is 0 Å². The summed E-state index contributed by atoms with van der Waals surface area (Å²) in [5.41, 5.74) is 3.24. The highest BCUT2D eigenvalue weighted by atomic mass is 16.8. The van der Waals surface area contributed by atoms with Gasteiger partial charge in [-0.25, -0.2) is 9.59 Å². The van der Waals surface area contributed by atoms with E-state index in [9.17, 15) is 9.59 Å². The van der Waals surface area contributed by atoms with E-state index in [2.05, 4.69) is 11.8 Å². The zero-order valence-corrected chi connectivity index (χ0v) is 22.9. The summed E-state index contributed by atoms with van der Waals surface area (Å²) < 4.78 is 22.7. The highest BCUT2D eigenvalue weighted by molar-refractivity contribution is 5.89. The maximum Gasteiger partial charge on any atom is 0.338 e. The fourth-order valence-electron chi connectivity index (χ4n) is 3.78. The van der Waals surface area contributed by atoms with Crippen LogP contribution in [0.3, 0.4) is 0 Å². The van der Waals surface area contributed by atoms with Gasteiger partial charge in [0, 0.05) is 12.5 Å². The van der Waals surface area contributed by atoms with Crippen molar-refractivity contribution in [1.29, 1.82) is 0 Å². The number of esters is 2. The lowest BCUT2D eigenvalue weighted by molar-refractivity contribution is -0.145. The van der Waals surface area contributed by atoms with Gasteiger partial charge in [-0.05, 0) is 83.9 Å². The molecule has 0 bridgehead atoms. The van der Waals surface area contributed by atoms with Gasteiger partial charge in [-0.1, -0.05) is 47.8 Å². The van der Waals surface area contributed by atoms with E-state index in [0.29, 0.717) is 18.6 Å². The SMILES string of the molecule is CCOC(=O)/C=C/C(C)=C/C(C)=C/C#C/C(C)=C/[C@@H]1OC(C)(C)O[C@H]1C[C@H](C)OC(=O)c1ccccc1. The van der Waals surface area contributed by atoms with Crippen LogP contribution in [0, 0.1) is 11.8 Å². The Morgan fingerprint density at radius 1 is 1.08 bits per heavy atom. The number of ether oxygens (including phenoxy) is 4. The normalized spacial score (nSPS) is 20.8. The van der Waals surface area contributed by atoms with Crippen molar-refractivity contribution < 1.29 is 28.5 Å². The third-order valence-electron chi connectivity index (χ3n) is 5.31. The summed E-state index contributed by atoms with van der Waals surface area (Å²) >= 11 is 0. The molecule has 198 valence electrons. The van der Waals surface area contributed by atoms with Crippen LogP contribution in [-0.4, -0.2) is 42.6 Å². The Bertz CT molecular complexity index is 1110. The Hall–Kier alpha value is -3.40. The van der Waals surface area contributed by atoms with E-state index in [1.807, 2.05) is 65.8 Å². The van der Waals surface area contributed by atoms with Crippen molar-refractivity contribution >= 4 is 11.9 Å². The summed E-state index contributed by atoms with van der Waals surface area (Å²) in [7, 11) is 0. The molecule has 37 heavy (non-hydrogen) atoms. The van der Waals surface area contributed by atoms with Crippen LogP contribution in [0.15, 0.2) is 77.4 Å². The zero-order valence-electron chi connectivity index (χ0n) is 22.9. The van der Waals surface area contributed by atoms with E-state index in [1.165, 1.54) is 6.08 Å². The molecule has 1 saturated heterocycles. The molecule has 1 aromatic carbocycles. The number of rotatable bonds is 9. The first-order valence-electron chi connectivity index (χ1n) is 12.5. The Morgan fingerprint density at radius 2 is 1.78 bits per heavy atom. The minimum absolute atomic E-state index is 0.278. The van der Waals surface area contributed by atoms with Gasteiger partial charge >= 0.3 is 11.9 Å². The van der Waals surface area contributed by atoms with Crippen molar-refractivity contribution in [1.82, 2.24) is 0 Å². The second kappa shape index (κ2) is 14.4. The molecule has 2 rings (SSSR count). The summed E-state index contributed by atoms with van der Waals surface area (Å²) in [5, 5.41) is 0. The van der Waals surface area contributed by atoms with Gasteiger partial charge in [0.05, 0.1) is 18.3 Å². The molecular formula is C31H38O6. The minimum Gasteiger partial charge on any atom is -0.463 e. The molecule has 0 radical (unpaired) electrons. The summed E-state index contributed by atoms with van der Waals surface area (Å²) in [6.07, 6.45) is 8.37. The maximum atomic E-state index is 12.4.